The number of oxime groups is 2. The number of hydrogen-bond donors (Lipinski definition) is 5. The van der Waals surface area contributed by atoms with Crippen LogP contribution in [0.25, 0.3) is 0 Å². The van der Waals surface area contributed by atoms with Gasteiger partial charge in [-0.25, -0.2) is 9.78 Å². The fourth-order valence-corrected chi connectivity index (χ4v) is 6.13. The Morgan fingerprint density at radius 1 is 1.44 bits per heavy atom. The predicted octanol–water partition coefficient (Wildman–Crippen LogP) is 1.35. The molecule has 0 bridgehead atoms. The fourth-order valence-electron chi connectivity index (χ4n) is 2.84. The number of aliphatic carboxylic acids is 1. The molecule has 0 spiro atoms. The molecule has 0 saturated carbocycles. The number of thiazole rings is 1. The van der Waals surface area contributed by atoms with E-state index in [4.69, 9.17) is 22.5 Å². The first-order chi connectivity index (χ1) is 15.2. The number of carboxylic acid groups (broad SMARTS) is 1. The van der Waals surface area contributed by atoms with Gasteiger partial charge in [-0.15, -0.1) is 11.8 Å². The largest absolute Gasteiger partial charge is 0.477 e. The van der Waals surface area contributed by atoms with E-state index in [1.54, 1.807) is 12.3 Å². The van der Waals surface area contributed by atoms with E-state index in [9.17, 15) is 24.7 Å². The lowest BCUT2D eigenvalue weighted by atomic mass is 10.0. The minimum atomic E-state index is -1.29. The number of allylic oxidation sites excluding steroid dienone is 1. The Hall–Kier alpha value is -2.75. The molecule has 0 radical (unpaired) electrons. The smallest absolute Gasteiger partial charge is 0.353 e. The monoisotopic (exact) mass is 518 g/mol. The number of carbonyl (C=O) groups excluding carboxylic acids is 2. The molecular weight excluding hydrogens is 504 g/mol. The first kappa shape index (κ1) is 23.9. The van der Waals surface area contributed by atoms with Crippen LogP contribution in [0.2, 0.25) is 4.34 Å². The van der Waals surface area contributed by atoms with Crippen molar-refractivity contribution in [3.8, 4) is 0 Å². The molecule has 0 aliphatic carbocycles. The van der Waals surface area contributed by atoms with Crippen LogP contribution in [-0.2, 0) is 14.4 Å². The Morgan fingerprint density at radius 3 is 2.72 bits per heavy atom. The summed E-state index contributed by atoms with van der Waals surface area (Å²) in [6.07, 6.45) is 1.19. The Kier molecular flexibility index (Phi) is 7.33. The minimum absolute atomic E-state index is 0.0337. The van der Waals surface area contributed by atoms with Crippen molar-refractivity contribution in [2.75, 3.05) is 11.5 Å². The highest BCUT2D eigenvalue weighted by Crippen LogP contribution is 2.43. The molecular formula is C16H15ClN6O6S3. The molecule has 1 saturated heterocycles. The Bertz CT molecular complexity index is 1100. The average Bonchev–Trinajstić information content (AvgIpc) is 3.07. The third-order valence-corrected chi connectivity index (χ3v) is 7.87. The first-order valence-corrected chi connectivity index (χ1v) is 11.7. The van der Waals surface area contributed by atoms with E-state index in [0.717, 1.165) is 28.0 Å². The van der Waals surface area contributed by atoms with Crippen LogP contribution in [0.1, 0.15) is 12.6 Å². The number of carboxylic acids is 1. The summed E-state index contributed by atoms with van der Waals surface area (Å²) in [5.74, 6) is -2.58. The molecule has 1 fully saturated rings. The van der Waals surface area contributed by atoms with Gasteiger partial charge >= 0.3 is 5.97 Å². The summed E-state index contributed by atoms with van der Waals surface area (Å²) in [6.45, 7) is 1.66. The van der Waals surface area contributed by atoms with Crippen LogP contribution in [0.4, 0.5) is 5.13 Å². The van der Waals surface area contributed by atoms with Gasteiger partial charge in [0.25, 0.3) is 11.8 Å². The molecule has 2 amide bonds. The van der Waals surface area contributed by atoms with Crippen molar-refractivity contribution >= 4 is 81.3 Å². The first-order valence-electron chi connectivity index (χ1n) is 8.56. The molecule has 3 heterocycles. The zero-order valence-corrected chi connectivity index (χ0v) is 19.3. The second-order valence-corrected chi connectivity index (χ2v) is 9.99. The Labute approximate surface area is 197 Å². The molecule has 1 aromatic rings. The highest BCUT2D eigenvalue weighted by molar-refractivity contribution is 8.08. The van der Waals surface area contributed by atoms with E-state index in [-0.39, 0.29) is 26.6 Å². The zero-order chi connectivity index (χ0) is 23.6. The molecule has 2 atom stereocenters. The van der Waals surface area contributed by atoms with Crippen LogP contribution < -0.4 is 11.1 Å². The van der Waals surface area contributed by atoms with Gasteiger partial charge in [0, 0.05) is 10.7 Å². The minimum Gasteiger partial charge on any atom is -0.477 e. The SMILES string of the molecule is CC(C=NO)=CSC1=C(C(=O)O)N2C(=O)C(NC(=O)/C(=N\O)c3nc(N)sc3Cl)[C@H]2SC1. The van der Waals surface area contributed by atoms with Crippen LogP contribution in [0.15, 0.2) is 31.9 Å². The van der Waals surface area contributed by atoms with Gasteiger partial charge in [0.1, 0.15) is 27.1 Å². The van der Waals surface area contributed by atoms with E-state index < -0.39 is 34.9 Å². The van der Waals surface area contributed by atoms with E-state index in [0.29, 0.717) is 10.5 Å². The van der Waals surface area contributed by atoms with Crippen molar-refractivity contribution < 1.29 is 29.9 Å². The van der Waals surface area contributed by atoms with Crippen molar-refractivity contribution in [2.45, 2.75) is 18.3 Å². The third kappa shape index (κ3) is 4.55. The number of halogens is 1. The topological polar surface area (TPSA) is 191 Å². The van der Waals surface area contributed by atoms with Gasteiger partial charge in [-0.3, -0.25) is 14.5 Å². The second-order valence-electron chi connectivity index (χ2n) is 6.29. The van der Waals surface area contributed by atoms with E-state index in [2.05, 4.69) is 20.6 Å². The number of β-lactam (4-membered cyclic amide) rings is 1. The van der Waals surface area contributed by atoms with Crippen molar-refractivity contribution in [3.05, 3.63) is 31.6 Å². The van der Waals surface area contributed by atoms with Crippen molar-refractivity contribution in [2.24, 2.45) is 10.3 Å². The summed E-state index contributed by atoms with van der Waals surface area (Å²) < 4.78 is 0.0337. The van der Waals surface area contributed by atoms with Crippen molar-refractivity contribution in [1.29, 1.82) is 0 Å². The van der Waals surface area contributed by atoms with Crippen LogP contribution in [0.5, 0.6) is 0 Å². The number of nitrogens with zero attached hydrogens (tertiary/aromatic N) is 4. The molecule has 3 rings (SSSR count). The van der Waals surface area contributed by atoms with Crippen LogP contribution in [0, 0.1) is 0 Å². The highest BCUT2D eigenvalue weighted by Gasteiger charge is 2.54. The lowest BCUT2D eigenvalue weighted by Gasteiger charge is -2.49. The average molecular weight is 519 g/mol. The van der Waals surface area contributed by atoms with Crippen LogP contribution in [-0.4, -0.2) is 72.3 Å². The summed E-state index contributed by atoms with van der Waals surface area (Å²) in [4.78, 5) is 42.5. The van der Waals surface area contributed by atoms with Crippen LogP contribution in [0.3, 0.4) is 0 Å². The molecule has 0 aromatic carbocycles. The maximum Gasteiger partial charge on any atom is 0.353 e. The molecule has 170 valence electrons. The zero-order valence-electron chi connectivity index (χ0n) is 16.1. The molecule has 32 heavy (non-hydrogen) atoms. The van der Waals surface area contributed by atoms with Crippen molar-refractivity contribution in [3.63, 3.8) is 0 Å². The maximum atomic E-state index is 12.7. The standard InChI is InChI=1S/C16H15ClN6O6S3/c1-5(2-19-28)3-30-6-4-31-14-9(13(25)23(14)10(6)15(26)27)20-12(24)8(22-29)7-11(17)32-16(18)21-7/h2-3,9,14,28-29H,4H2,1H3,(H2,18,21)(H,20,24)(H,26,27)/b5-3?,19-2?,22-8-/t9?,14-/m1/s1. The Morgan fingerprint density at radius 2 is 2.16 bits per heavy atom. The molecule has 16 heteroatoms. The van der Waals surface area contributed by atoms with Gasteiger partial charge in [0.15, 0.2) is 10.8 Å². The Balaban J connectivity index is 1.78. The number of anilines is 1. The number of amides is 2. The summed E-state index contributed by atoms with van der Waals surface area (Å²) >= 11 is 9.19. The van der Waals surface area contributed by atoms with E-state index in [1.807, 2.05) is 0 Å². The molecule has 12 nitrogen and oxygen atoms in total. The molecule has 2 aliphatic rings. The van der Waals surface area contributed by atoms with Gasteiger partial charge < -0.3 is 26.6 Å². The molecule has 1 unspecified atom stereocenters. The number of nitrogen functional groups attached to an aromatic ring is 1. The maximum absolute atomic E-state index is 12.7. The fraction of sp³-hybridized carbons (Fsp3) is 0.250. The van der Waals surface area contributed by atoms with Crippen molar-refractivity contribution in [1.82, 2.24) is 15.2 Å². The molecule has 6 N–H and O–H groups in total. The van der Waals surface area contributed by atoms with Crippen LogP contribution >= 0.6 is 46.5 Å². The lowest BCUT2D eigenvalue weighted by molar-refractivity contribution is -0.150. The quantitative estimate of drug-likeness (QED) is 0.152. The molecule has 1 aromatic heterocycles. The number of hydrogen-bond acceptors (Lipinski definition) is 12. The summed E-state index contributed by atoms with van der Waals surface area (Å²) in [5, 5.41) is 36.7. The number of thioether (sulfide) groups is 2. The normalized spacial score (nSPS) is 21.6. The van der Waals surface area contributed by atoms with E-state index >= 15 is 0 Å². The van der Waals surface area contributed by atoms with Gasteiger partial charge in [-0.05, 0) is 17.9 Å². The summed E-state index contributed by atoms with van der Waals surface area (Å²) in [5.41, 5.74) is 5.28. The number of nitrogens with two attached hydrogens (primary N) is 1. The lowest BCUT2D eigenvalue weighted by Crippen LogP contribution is -2.71. The third-order valence-electron chi connectivity index (χ3n) is 4.21. The predicted molar refractivity (Wildman–Crippen MR) is 121 cm³/mol. The second kappa shape index (κ2) is 9.81. The van der Waals surface area contributed by atoms with Gasteiger partial charge in [-0.1, -0.05) is 45.0 Å². The highest BCUT2D eigenvalue weighted by atomic mass is 35.5. The number of aromatic nitrogens is 1. The molecule has 2 aliphatic heterocycles. The number of fused-ring (bicyclic) bond motifs is 1. The van der Waals surface area contributed by atoms with Gasteiger partial charge in [0.05, 0.1) is 6.21 Å². The van der Waals surface area contributed by atoms with Gasteiger partial charge in [-0.2, -0.15) is 0 Å². The summed E-state index contributed by atoms with van der Waals surface area (Å²) in [7, 11) is 0. The summed E-state index contributed by atoms with van der Waals surface area (Å²) in [6, 6.07) is -1.04. The number of carbonyl (C=O) groups is 3. The van der Waals surface area contributed by atoms with E-state index in [1.165, 1.54) is 18.0 Å². The number of nitrogens with one attached hydrogen (secondary N) is 1. The number of rotatable bonds is 7. The van der Waals surface area contributed by atoms with Gasteiger partial charge in [0.2, 0.25) is 0 Å².